The SMILES string of the molecule is CC(=O)N1C=Cc2ccccc2[C@@H]1CC(=O)N[C@@H](C)c1cccc(Br)c1. The Hall–Kier alpha value is -2.40. The number of hydrogen-bond acceptors (Lipinski definition) is 2. The summed E-state index contributed by atoms with van der Waals surface area (Å²) >= 11 is 3.45. The van der Waals surface area contributed by atoms with E-state index in [1.807, 2.05) is 61.5 Å². The average molecular weight is 413 g/mol. The number of benzene rings is 2. The Balaban J connectivity index is 1.76. The molecule has 0 radical (unpaired) electrons. The topological polar surface area (TPSA) is 49.4 Å². The zero-order valence-electron chi connectivity index (χ0n) is 14.8. The average Bonchev–Trinajstić information content (AvgIpc) is 2.61. The van der Waals surface area contributed by atoms with Gasteiger partial charge in [0.25, 0.3) is 0 Å². The van der Waals surface area contributed by atoms with Crippen molar-refractivity contribution in [2.45, 2.75) is 32.4 Å². The van der Waals surface area contributed by atoms with Gasteiger partial charge in [-0.25, -0.2) is 0 Å². The van der Waals surface area contributed by atoms with Gasteiger partial charge in [0.1, 0.15) is 0 Å². The fraction of sp³-hybridized carbons (Fsp3) is 0.238. The molecule has 4 nitrogen and oxygen atoms in total. The summed E-state index contributed by atoms with van der Waals surface area (Å²) in [6.45, 7) is 3.48. The van der Waals surface area contributed by atoms with Gasteiger partial charge in [-0.2, -0.15) is 0 Å². The van der Waals surface area contributed by atoms with E-state index in [1.54, 1.807) is 11.1 Å². The van der Waals surface area contributed by atoms with E-state index >= 15 is 0 Å². The van der Waals surface area contributed by atoms with E-state index in [4.69, 9.17) is 0 Å². The molecule has 0 fully saturated rings. The highest BCUT2D eigenvalue weighted by atomic mass is 79.9. The highest BCUT2D eigenvalue weighted by Gasteiger charge is 2.28. The lowest BCUT2D eigenvalue weighted by atomic mass is 9.93. The molecular weight excluding hydrogens is 392 g/mol. The van der Waals surface area contributed by atoms with Crippen LogP contribution in [-0.4, -0.2) is 16.7 Å². The number of halogens is 1. The van der Waals surface area contributed by atoms with Crippen LogP contribution < -0.4 is 5.32 Å². The second-order valence-corrected chi connectivity index (χ2v) is 7.35. The number of carbonyl (C=O) groups excluding carboxylic acids is 2. The fourth-order valence-corrected chi connectivity index (χ4v) is 3.67. The normalized spacial score (nSPS) is 16.7. The molecule has 2 aromatic rings. The molecule has 1 heterocycles. The van der Waals surface area contributed by atoms with Crippen LogP contribution in [0.5, 0.6) is 0 Å². The molecule has 1 aliphatic rings. The van der Waals surface area contributed by atoms with E-state index in [0.29, 0.717) is 0 Å². The Morgan fingerprint density at radius 3 is 2.69 bits per heavy atom. The smallest absolute Gasteiger partial charge is 0.223 e. The highest BCUT2D eigenvalue weighted by Crippen LogP contribution is 2.33. The van der Waals surface area contributed by atoms with Crippen LogP contribution in [0, 0.1) is 0 Å². The van der Waals surface area contributed by atoms with Crippen LogP contribution in [0.25, 0.3) is 6.08 Å². The molecule has 3 rings (SSSR count). The maximum absolute atomic E-state index is 12.7. The van der Waals surface area contributed by atoms with Gasteiger partial charge in [0.05, 0.1) is 18.5 Å². The van der Waals surface area contributed by atoms with Crippen molar-refractivity contribution in [2.75, 3.05) is 0 Å². The van der Waals surface area contributed by atoms with Gasteiger partial charge < -0.3 is 10.2 Å². The molecule has 0 aromatic heterocycles. The van der Waals surface area contributed by atoms with Crippen molar-refractivity contribution in [3.8, 4) is 0 Å². The Morgan fingerprint density at radius 1 is 1.19 bits per heavy atom. The van der Waals surface area contributed by atoms with Crippen molar-refractivity contribution in [1.29, 1.82) is 0 Å². The van der Waals surface area contributed by atoms with Crippen LogP contribution in [-0.2, 0) is 9.59 Å². The molecule has 0 bridgehead atoms. The van der Waals surface area contributed by atoms with Crippen LogP contribution in [0.4, 0.5) is 0 Å². The molecule has 0 spiro atoms. The van der Waals surface area contributed by atoms with Crippen LogP contribution >= 0.6 is 15.9 Å². The molecule has 1 aliphatic heterocycles. The van der Waals surface area contributed by atoms with Crippen molar-refractivity contribution in [3.05, 3.63) is 75.9 Å². The fourth-order valence-electron chi connectivity index (χ4n) is 3.25. The molecule has 0 aliphatic carbocycles. The van der Waals surface area contributed by atoms with E-state index in [2.05, 4.69) is 21.2 Å². The minimum atomic E-state index is -0.289. The zero-order valence-corrected chi connectivity index (χ0v) is 16.4. The lowest BCUT2D eigenvalue weighted by Gasteiger charge is -2.32. The Bertz CT molecular complexity index is 863. The van der Waals surface area contributed by atoms with Gasteiger partial charge in [0, 0.05) is 17.6 Å². The Kier molecular flexibility index (Phi) is 5.57. The third-order valence-electron chi connectivity index (χ3n) is 4.57. The lowest BCUT2D eigenvalue weighted by Crippen LogP contribution is -2.36. The molecule has 134 valence electrons. The van der Waals surface area contributed by atoms with Gasteiger partial charge in [-0.1, -0.05) is 52.3 Å². The zero-order chi connectivity index (χ0) is 18.7. The number of nitrogens with zero attached hydrogens (tertiary/aromatic N) is 1. The van der Waals surface area contributed by atoms with Crippen molar-refractivity contribution in [1.82, 2.24) is 10.2 Å². The van der Waals surface area contributed by atoms with E-state index in [0.717, 1.165) is 21.2 Å². The molecule has 2 aromatic carbocycles. The molecule has 26 heavy (non-hydrogen) atoms. The van der Waals surface area contributed by atoms with Gasteiger partial charge in [0.15, 0.2) is 0 Å². The summed E-state index contributed by atoms with van der Waals surface area (Å²) in [6.07, 6.45) is 3.90. The van der Waals surface area contributed by atoms with E-state index in [9.17, 15) is 9.59 Å². The first kappa shape index (κ1) is 18.4. The van der Waals surface area contributed by atoms with Crippen LogP contribution in [0.15, 0.2) is 59.2 Å². The van der Waals surface area contributed by atoms with Gasteiger partial charge in [-0.15, -0.1) is 0 Å². The largest absolute Gasteiger partial charge is 0.350 e. The van der Waals surface area contributed by atoms with E-state index < -0.39 is 0 Å². The van der Waals surface area contributed by atoms with Gasteiger partial charge in [0.2, 0.25) is 11.8 Å². The van der Waals surface area contributed by atoms with Crippen molar-refractivity contribution in [3.63, 3.8) is 0 Å². The molecule has 1 N–H and O–H groups in total. The Morgan fingerprint density at radius 2 is 1.96 bits per heavy atom. The van der Waals surface area contributed by atoms with Crippen LogP contribution in [0.2, 0.25) is 0 Å². The molecule has 5 heteroatoms. The Labute approximate surface area is 162 Å². The van der Waals surface area contributed by atoms with Crippen LogP contribution in [0.3, 0.4) is 0 Å². The number of carbonyl (C=O) groups is 2. The second-order valence-electron chi connectivity index (χ2n) is 6.44. The van der Waals surface area contributed by atoms with Gasteiger partial charge >= 0.3 is 0 Å². The van der Waals surface area contributed by atoms with Gasteiger partial charge in [-0.05, 0) is 41.8 Å². The molecule has 0 saturated heterocycles. The minimum Gasteiger partial charge on any atom is -0.350 e. The van der Waals surface area contributed by atoms with E-state index in [-0.39, 0.29) is 30.3 Å². The summed E-state index contributed by atoms with van der Waals surface area (Å²) in [4.78, 5) is 26.3. The standard InChI is InChI=1S/C21H21BrN2O2/c1-14(17-7-5-8-18(22)12-17)23-21(26)13-20-19-9-4-3-6-16(19)10-11-24(20)15(2)25/h3-12,14,20H,13H2,1-2H3,(H,23,26)/t14-,20-/m0/s1. The molecule has 2 amide bonds. The number of fused-ring (bicyclic) bond motifs is 1. The number of nitrogens with one attached hydrogen (secondary N) is 1. The summed E-state index contributed by atoms with van der Waals surface area (Å²) in [5.74, 6) is -0.160. The molecular formula is C21H21BrN2O2. The van der Waals surface area contributed by atoms with Crippen molar-refractivity contribution >= 4 is 33.8 Å². The first-order valence-corrected chi connectivity index (χ1v) is 9.36. The lowest BCUT2D eigenvalue weighted by molar-refractivity contribution is -0.130. The van der Waals surface area contributed by atoms with Crippen molar-refractivity contribution < 1.29 is 9.59 Å². The maximum atomic E-state index is 12.7. The predicted octanol–water partition coefficient (Wildman–Crippen LogP) is 4.59. The molecule has 0 saturated carbocycles. The summed E-state index contributed by atoms with van der Waals surface area (Å²) in [6, 6.07) is 15.3. The predicted molar refractivity (Wildman–Crippen MR) is 106 cm³/mol. The first-order chi connectivity index (χ1) is 12.5. The number of hydrogen-bond donors (Lipinski definition) is 1. The third kappa shape index (κ3) is 4.05. The van der Waals surface area contributed by atoms with Gasteiger partial charge in [-0.3, -0.25) is 9.59 Å². The number of rotatable bonds is 4. The minimum absolute atomic E-state index is 0.0754. The third-order valence-corrected chi connectivity index (χ3v) is 5.07. The second kappa shape index (κ2) is 7.87. The summed E-state index contributed by atoms with van der Waals surface area (Å²) in [5, 5.41) is 3.04. The highest BCUT2D eigenvalue weighted by molar-refractivity contribution is 9.10. The van der Waals surface area contributed by atoms with Crippen molar-refractivity contribution in [2.24, 2.45) is 0 Å². The summed E-state index contributed by atoms with van der Waals surface area (Å²) < 4.78 is 0.977. The monoisotopic (exact) mass is 412 g/mol. The maximum Gasteiger partial charge on any atom is 0.223 e. The number of amides is 2. The van der Waals surface area contributed by atoms with E-state index in [1.165, 1.54) is 6.92 Å². The molecule has 2 atom stereocenters. The summed E-state index contributed by atoms with van der Waals surface area (Å²) in [7, 11) is 0. The van der Waals surface area contributed by atoms with Crippen LogP contribution in [0.1, 0.15) is 49.0 Å². The molecule has 0 unspecified atom stereocenters. The first-order valence-electron chi connectivity index (χ1n) is 8.56. The quantitative estimate of drug-likeness (QED) is 0.797. The summed E-state index contributed by atoms with van der Waals surface area (Å²) in [5.41, 5.74) is 3.07.